The van der Waals surface area contributed by atoms with Crippen LogP contribution in [0.3, 0.4) is 0 Å². The third-order valence-electron chi connectivity index (χ3n) is 2.54. The number of aromatic nitrogens is 2. The molecule has 0 aromatic carbocycles. The Balaban J connectivity index is 0.000000364. The minimum Gasteiger partial charge on any atom is -0.482 e. The Bertz CT molecular complexity index is 487. The number of rotatable bonds is 4. The van der Waals surface area contributed by atoms with Gasteiger partial charge in [0.05, 0.1) is 0 Å². The molecule has 2 aromatic heterocycles. The quantitative estimate of drug-likeness (QED) is 0.811. The predicted molar refractivity (Wildman–Crippen MR) is 72.9 cm³/mol. The van der Waals surface area contributed by atoms with Gasteiger partial charge < -0.3 is 33.2 Å². The van der Waals surface area contributed by atoms with E-state index in [2.05, 4.69) is 13.8 Å². The first kappa shape index (κ1) is 19.6. The summed E-state index contributed by atoms with van der Waals surface area (Å²) >= 11 is 0. The minimum atomic E-state index is -0.920. The van der Waals surface area contributed by atoms with Crippen molar-refractivity contribution in [1.29, 1.82) is 0 Å². The summed E-state index contributed by atoms with van der Waals surface area (Å²) in [5.41, 5.74) is 0. The van der Waals surface area contributed by atoms with Crippen LogP contribution in [0.1, 0.15) is 12.1 Å². The van der Waals surface area contributed by atoms with Crippen molar-refractivity contribution < 1.29 is 52.5 Å². The van der Waals surface area contributed by atoms with Crippen molar-refractivity contribution in [3.05, 3.63) is 62.9 Å². The van der Waals surface area contributed by atoms with Crippen molar-refractivity contribution in [3.8, 4) is 0 Å². The molecule has 2 atom stereocenters. The van der Waals surface area contributed by atoms with E-state index in [-0.39, 0.29) is 32.7 Å². The Morgan fingerprint density at radius 3 is 1.19 bits per heavy atom. The van der Waals surface area contributed by atoms with Gasteiger partial charge >= 0.3 is 0 Å². The summed E-state index contributed by atoms with van der Waals surface area (Å²) in [6, 6.07) is 5.63. The van der Waals surface area contributed by atoms with Crippen molar-refractivity contribution in [2.45, 2.75) is 12.1 Å². The molecule has 0 aliphatic rings. The zero-order valence-electron chi connectivity index (χ0n) is 11.4. The SMILES string of the molecule is [CH2-][C@H](C(=O)O)n1cccc1.[CH2-][C@H](C(=O)O)n1cccc1.[Y]. The molecule has 0 bridgehead atoms. The molecule has 6 nitrogen and oxygen atoms in total. The molecule has 2 aromatic rings. The molecule has 0 unspecified atom stereocenters. The molecule has 111 valence electrons. The van der Waals surface area contributed by atoms with E-state index in [9.17, 15) is 9.59 Å². The Kier molecular flexibility index (Phi) is 8.89. The molecule has 0 aliphatic carbocycles. The van der Waals surface area contributed by atoms with Crippen LogP contribution in [0.2, 0.25) is 0 Å². The van der Waals surface area contributed by atoms with Gasteiger partial charge in [-0.2, -0.15) is 0 Å². The van der Waals surface area contributed by atoms with Gasteiger partial charge in [-0.25, -0.2) is 0 Å². The molecule has 0 aliphatic heterocycles. The van der Waals surface area contributed by atoms with Gasteiger partial charge in [0, 0.05) is 69.6 Å². The summed E-state index contributed by atoms with van der Waals surface area (Å²) in [4.78, 5) is 20.6. The molecule has 1 radical (unpaired) electrons. The molecule has 0 amide bonds. The van der Waals surface area contributed by atoms with Gasteiger partial charge in [-0.15, -0.1) is 0 Å². The average Bonchev–Trinajstić information content (AvgIpc) is 3.10. The second-order valence-electron chi connectivity index (χ2n) is 3.97. The number of hydrogen-bond donors (Lipinski definition) is 2. The second-order valence-corrected chi connectivity index (χ2v) is 3.97. The van der Waals surface area contributed by atoms with E-state index in [1.165, 1.54) is 9.13 Å². The molecule has 2 rings (SSSR count). The Morgan fingerprint density at radius 1 is 0.762 bits per heavy atom. The molecule has 2 heterocycles. The molecule has 0 fully saturated rings. The predicted octanol–water partition coefficient (Wildman–Crippen LogP) is 1.89. The van der Waals surface area contributed by atoms with Crippen LogP contribution >= 0.6 is 0 Å². The van der Waals surface area contributed by atoms with E-state index in [0.717, 1.165) is 0 Å². The number of nitrogens with zero attached hydrogens (tertiary/aromatic N) is 2. The van der Waals surface area contributed by atoms with Crippen LogP contribution in [-0.4, -0.2) is 31.3 Å². The van der Waals surface area contributed by atoms with Crippen LogP contribution in [0, 0.1) is 13.8 Å². The second kappa shape index (κ2) is 9.52. The molecule has 7 heteroatoms. The topological polar surface area (TPSA) is 84.5 Å². The fourth-order valence-corrected chi connectivity index (χ4v) is 1.37. The molecular weight excluding hydrogens is 349 g/mol. The van der Waals surface area contributed by atoms with E-state index in [4.69, 9.17) is 10.2 Å². The van der Waals surface area contributed by atoms with Crippen LogP contribution in [0.4, 0.5) is 0 Å². The van der Waals surface area contributed by atoms with Crippen molar-refractivity contribution >= 4 is 11.9 Å². The van der Waals surface area contributed by atoms with E-state index in [1.807, 2.05) is 0 Å². The van der Waals surface area contributed by atoms with Crippen molar-refractivity contribution in [3.63, 3.8) is 0 Å². The third kappa shape index (κ3) is 6.27. The number of aliphatic carboxylic acids is 2. The monoisotopic (exact) mass is 365 g/mol. The molecule has 0 saturated carbocycles. The third-order valence-corrected chi connectivity index (χ3v) is 2.54. The van der Waals surface area contributed by atoms with Crippen LogP contribution in [0.25, 0.3) is 0 Å². The Morgan fingerprint density at radius 2 is 1.00 bits per heavy atom. The van der Waals surface area contributed by atoms with Crippen molar-refractivity contribution in [2.24, 2.45) is 0 Å². The molecular formula is C14H16N2O4Y-2. The zero-order valence-corrected chi connectivity index (χ0v) is 14.2. The summed E-state index contributed by atoms with van der Waals surface area (Å²) in [6.07, 6.45) is 6.69. The molecule has 0 saturated heterocycles. The van der Waals surface area contributed by atoms with E-state index in [0.29, 0.717) is 0 Å². The summed E-state index contributed by atoms with van der Waals surface area (Å²) < 4.78 is 3.06. The van der Waals surface area contributed by atoms with Gasteiger partial charge in [0.1, 0.15) is 0 Å². The zero-order chi connectivity index (χ0) is 15.1. The first-order valence-corrected chi connectivity index (χ1v) is 5.80. The molecule has 0 spiro atoms. The number of carbonyl (C=O) groups is 2. The van der Waals surface area contributed by atoms with E-state index >= 15 is 0 Å². The van der Waals surface area contributed by atoms with Gasteiger partial charge in [0.25, 0.3) is 11.9 Å². The fourth-order valence-electron chi connectivity index (χ4n) is 1.37. The van der Waals surface area contributed by atoms with Gasteiger partial charge in [-0.1, -0.05) is 0 Å². The maximum absolute atomic E-state index is 10.3. The van der Waals surface area contributed by atoms with E-state index < -0.39 is 24.0 Å². The number of carboxylic acid groups (broad SMARTS) is 2. The van der Waals surface area contributed by atoms with Crippen LogP contribution in [0.15, 0.2) is 49.1 Å². The number of hydrogen-bond acceptors (Lipinski definition) is 2. The largest absolute Gasteiger partial charge is 0.482 e. The first-order valence-electron chi connectivity index (χ1n) is 5.80. The standard InChI is InChI=1S/2C7H8NO2.Y/c2*1-6(7(9)10)8-4-2-3-5-8;/h2*2-6H,1H2,(H,9,10);/q2*-1;/t2*6-;/m11./s1. The van der Waals surface area contributed by atoms with Crippen LogP contribution < -0.4 is 0 Å². The normalized spacial score (nSPS) is 12.3. The van der Waals surface area contributed by atoms with E-state index in [1.54, 1.807) is 49.1 Å². The first-order chi connectivity index (χ1) is 9.43. The number of carboxylic acids is 2. The van der Waals surface area contributed by atoms with Gasteiger partial charge in [0.2, 0.25) is 0 Å². The van der Waals surface area contributed by atoms with Crippen LogP contribution in [-0.2, 0) is 42.3 Å². The molecule has 21 heavy (non-hydrogen) atoms. The summed E-state index contributed by atoms with van der Waals surface area (Å²) in [5.74, 6) is -1.84. The smallest absolute Gasteiger partial charge is 0.295 e. The van der Waals surface area contributed by atoms with Gasteiger partial charge in [-0.05, 0) is 24.3 Å². The fraction of sp³-hybridized carbons (Fsp3) is 0.143. The van der Waals surface area contributed by atoms with Gasteiger partial charge in [-0.3, -0.25) is 9.59 Å². The maximum Gasteiger partial charge on any atom is 0.295 e. The summed E-state index contributed by atoms with van der Waals surface area (Å²) in [5, 5.41) is 16.9. The maximum atomic E-state index is 10.3. The van der Waals surface area contributed by atoms with Gasteiger partial charge in [0.15, 0.2) is 0 Å². The van der Waals surface area contributed by atoms with Crippen molar-refractivity contribution in [2.75, 3.05) is 0 Å². The minimum absolute atomic E-state index is 0. The van der Waals surface area contributed by atoms with Crippen molar-refractivity contribution in [1.82, 2.24) is 9.13 Å². The van der Waals surface area contributed by atoms with Crippen LogP contribution in [0.5, 0.6) is 0 Å². The average molecular weight is 365 g/mol. The summed E-state index contributed by atoms with van der Waals surface area (Å²) in [6.45, 7) is 6.89. The summed E-state index contributed by atoms with van der Waals surface area (Å²) in [7, 11) is 0. The molecule has 2 N–H and O–H groups in total. The Labute approximate surface area is 148 Å². The Hall–Kier alpha value is -1.40.